The molecule has 0 bridgehead atoms. The molecule has 1 heterocycles. The van der Waals surface area contributed by atoms with E-state index in [1.165, 1.54) is 32.1 Å². The molecule has 2 N–H and O–H groups in total. The zero-order chi connectivity index (χ0) is 18.1. The first-order valence-corrected chi connectivity index (χ1v) is 10.4. The lowest BCUT2D eigenvalue weighted by molar-refractivity contribution is 0.0277. The molecular weight excluding hydrogens is 459 g/mol. The second kappa shape index (κ2) is 12.1. The van der Waals surface area contributed by atoms with Gasteiger partial charge in [0.05, 0.1) is 18.3 Å². The highest BCUT2D eigenvalue weighted by Crippen LogP contribution is 2.23. The van der Waals surface area contributed by atoms with Crippen molar-refractivity contribution in [2.45, 2.75) is 77.4 Å². The number of ether oxygens (including phenoxy) is 1. The molecule has 1 aromatic heterocycles. The molecule has 150 valence electrons. The largest absolute Gasteiger partial charge is 0.378 e. The van der Waals surface area contributed by atoms with Crippen LogP contribution in [0.2, 0.25) is 0 Å². The quantitative estimate of drug-likeness (QED) is 0.254. The molecule has 1 saturated carbocycles. The third-order valence-corrected chi connectivity index (χ3v) is 5.32. The Morgan fingerprint density at radius 3 is 2.62 bits per heavy atom. The Bertz CT molecular complexity index is 536. The molecule has 0 amide bonds. The minimum Gasteiger partial charge on any atom is -0.378 e. The summed E-state index contributed by atoms with van der Waals surface area (Å²) in [6, 6.07) is 0. The van der Waals surface area contributed by atoms with Crippen molar-refractivity contribution in [1.29, 1.82) is 0 Å². The maximum Gasteiger partial charge on any atom is 0.191 e. The number of thiazole rings is 1. The van der Waals surface area contributed by atoms with E-state index in [1.54, 1.807) is 18.4 Å². The van der Waals surface area contributed by atoms with Crippen LogP contribution in [0.15, 0.2) is 10.4 Å². The predicted molar refractivity (Wildman–Crippen MR) is 122 cm³/mol. The fraction of sp³-hybridized carbons (Fsp3) is 0.789. The van der Waals surface area contributed by atoms with E-state index in [1.807, 2.05) is 0 Å². The zero-order valence-corrected chi connectivity index (χ0v) is 19.8. The zero-order valence-electron chi connectivity index (χ0n) is 16.6. The third kappa shape index (κ3) is 8.52. The van der Waals surface area contributed by atoms with E-state index < -0.39 is 0 Å². The average molecular weight is 494 g/mol. The number of rotatable bonds is 7. The number of nitrogens with zero attached hydrogens (tertiary/aromatic N) is 2. The standard InChI is InChI=1S/C19H34N4OS.HI/c1-19(2,3)16-14-25-17(23-16)13-22-18(20-4)21-11-8-12-24-15-9-6-5-7-10-15;/h14-15H,5-13H2,1-4H3,(H2,20,21,22);1H. The Hall–Kier alpha value is -0.410. The number of guanidine groups is 1. The number of hydrogen-bond donors (Lipinski definition) is 2. The molecule has 0 saturated heterocycles. The topological polar surface area (TPSA) is 58.5 Å². The Kier molecular flexibility index (Phi) is 11.0. The van der Waals surface area contributed by atoms with Gasteiger partial charge in [0.2, 0.25) is 0 Å². The van der Waals surface area contributed by atoms with Gasteiger partial charge in [0.25, 0.3) is 0 Å². The van der Waals surface area contributed by atoms with Crippen LogP contribution in [0.25, 0.3) is 0 Å². The van der Waals surface area contributed by atoms with Gasteiger partial charge in [0, 0.05) is 31.0 Å². The van der Waals surface area contributed by atoms with Crippen molar-refractivity contribution in [2.75, 3.05) is 20.2 Å². The van der Waals surface area contributed by atoms with Crippen molar-refractivity contribution in [2.24, 2.45) is 4.99 Å². The van der Waals surface area contributed by atoms with Crippen molar-refractivity contribution in [3.05, 3.63) is 16.1 Å². The maximum atomic E-state index is 5.95. The van der Waals surface area contributed by atoms with E-state index in [-0.39, 0.29) is 29.4 Å². The highest BCUT2D eigenvalue weighted by Gasteiger charge is 2.17. The molecule has 0 unspecified atom stereocenters. The van der Waals surface area contributed by atoms with Gasteiger partial charge in [-0.25, -0.2) is 4.98 Å². The first kappa shape index (κ1) is 23.6. The Morgan fingerprint density at radius 2 is 2.00 bits per heavy atom. The summed E-state index contributed by atoms with van der Waals surface area (Å²) in [7, 11) is 1.80. The van der Waals surface area contributed by atoms with Crippen LogP contribution in [0.5, 0.6) is 0 Å². The molecular formula is C19H35IN4OS. The second-order valence-electron chi connectivity index (χ2n) is 7.71. The highest BCUT2D eigenvalue weighted by atomic mass is 127. The molecule has 5 nitrogen and oxygen atoms in total. The van der Waals surface area contributed by atoms with Gasteiger partial charge in [-0.2, -0.15) is 0 Å². The van der Waals surface area contributed by atoms with Gasteiger partial charge in [-0.1, -0.05) is 40.0 Å². The van der Waals surface area contributed by atoms with Crippen LogP contribution in [-0.4, -0.2) is 37.2 Å². The Morgan fingerprint density at radius 1 is 1.27 bits per heavy atom. The number of aliphatic imine (C=N–C) groups is 1. The van der Waals surface area contributed by atoms with Crippen LogP contribution in [-0.2, 0) is 16.7 Å². The lowest BCUT2D eigenvalue weighted by Crippen LogP contribution is -2.37. The summed E-state index contributed by atoms with van der Waals surface area (Å²) < 4.78 is 5.95. The second-order valence-corrected chi connectivity index (χ2v) is 8.66. The number of aromatic nitrogens is 1. The monoisotopic (exact) mass is 494 g/mol. The summed E-state index contributed by atoms with van der Waals surface area (Å²) >= 11 is 1.70. The Labute approximate surface area is 179 Å². The van der Waals surface area contributed by atoms with E-state index >= 15 is 0 Å². The van der Waals surface area contributed by atoms with E-state index in [4.69, 9.17) is 9.72 Å². The molecule has 1 aromatic rings. The lowest BCUT2D eigenvalue weighted by Gasteiger charge is -2.22. The fourth-order valence-electron chi connectivity index (χ4n) is 2.88. The minimum atomic E-state index is 0. The van der Waals surface area contributed by atoms with Gasteiger partial charge in [-0.15, -0.1) is 35.3 Å². The molecule has 0 radical (unpaired) electrons. The third-order valence-electron chi connectivity index (χ3n) is 4.47. The summed E-state index contributed by atoms with van der Waals surface area (Å²) in [4.78, 5) is 8.98. The molecule has 0 atom stereocenters. The molecule has 26 heavy (non-hydrogen) atoms. The van der Waals surface area contributed by atoms with Crippen molar-refractivity contribution < 1.29 is 4.74 Å². The normalized spacial score (nSPS) is 16.2. The first-order valence-electron chi connectivity index (χ1n) is 9.50. The maximum absolute atomic E-state index is 5.95. The van der Waals surface area contributed by atoms with Gasteiger partial charge in [0.1, 0.15) is 5.01 Å². The van der Waals surface area contributed by atoms with Crippen LogP contribution in [0.1, 0.15) is 70.0 Å². The SMILES string of the molecule is CN=C(NCCCOC1CCCCC1)NCc1nc(C(C)(C)C)cs1.I. The molecule has 1 aliphatic carbocycles. The summed E-state index contributed by atoms with van der Waals surface area (Å²) in [5.74, 6) is 0.824. The van der Waals surface area contributed by atoms with E-state index in [9.17, 15) is 0 Å². The summed E-state index contributed by atoms with van der Waals surface area (Å²) in [5.41, 5.74) is 1.25. The summed E-state index contributed by atoms with van der Waals surface area (Å²) in [6.45, 7) is 8.98. The Balaban J connectivity index is 0.00000338. The number of nitrogens with one attached hydrogen (secondary N) is 2. The van der Waals surface area contributed by atoms with Crippen LogP contribution in [0.4, 0.5) is 0 Å². The van der Waals surface area contributed by atoms with Crippen molar-refractivity contribution in [3.8, 4) is 0 Å². The molecule has 7 heteroatoms. The van der Waals surface area contributed by atoms with Crippen LogP contribution in [0, 0.1) is 0 Å². The van der Waals surface area contributed by atoms with E-state index in [0.717, 1.165) is 36.2 Å². The fourth-order valence-corrected chi connectivity index (χ4v) is 3.84. The van der Waals surface area contributed by atoms with E-state index in [2.05, 4.69) is 41.8 Å². The van der Waals surface area contributed by atoms with Crippen LogP contribution < -0.4 is 10.6 Å². The molecule has 2 rings (SSSR count). The van der Waals surface area contributed by atoms with Crippen LogP contribution >= 0.6 is 35.3 Å². The van der Waals surface area contributed by atoms with Crippen molar-refractivity contribution in [3.63, 3.8) is 0 Å². The molecule has 1 aliphatic rings. The lowest BCUT2D eigenvalue weighted by atomic mass is 9.93. The summed E-state index contributed by atoms with van der Waals surface area (Å²) in [5, 5.41) is 9.93. The first-order chi connectivity index (χ1) is 12.0. The van der Waals surface area contributed by atoms with Gasteiger partial charge in [-0.3, -0.25) is 4.99 Å². The molecule has 1 fully saturated rings. The predicted octanol–water partition coefficient (Wildman–Crippen LogP) is 4.46. The van der Waals surface area contributed by atoms with Gasteiger partial charge in [-0.05, 0) is 19.3 Å². The molecule has 0 spiro atoms. The average Bonchev–Trinajstić information content (AvgIpc) is 3.07. The van der Waals surface area contributed by atoms with E-state index in [0.29, 0.717) is 12.6 Å². The smallest absolute Gasteiger partial charge is 0.191 e. The summed E-state index contributed by atoms with van der Waals surface area (Å²) in [6.07, 6.45) is 8.00. The minimum absolute atomic E-state index is 0. The van der Waals surface area contributed by atoms with Gasteiger partial charge in [0.15, 0.2) is 5.96 Å². The van der Waals surface area contributed by atoms with Crippen molar-refractivity contribution in [1.82, 2.24) is 15.6 Å². The van der Waals surface area contributed by atoms with Gasteiger partial charge >= 0.3 is 0 Å². The van der Waals surface area contributed by atoms with Crippen molar-refractivity contribution >= 4 is 41.3 Å². The number of hydrogen-bond acceptors (Lipinski definition) is 4. The number of halogens is 1. The molecule has 0 aliphatic heterocycles. The van der Waals surface area contributed by atoms with Crippen LogP contribution in [0.3, 0.4) is 0 Å². The highest BCUT2D eigenvalue weighted by molar-refractivity contribution is 14.0. The molecule has 0 aromatic carbocycles. The van der Waals surface area contributed by atoms with Gasteiger partial charge < -0.3 is 15.4 Å².